The number of phenolic OH excluding ortho intramolecular Hbond substituents is 1. The summed E-state index contributed by atoms with van der Waals surface area (Å²) in [6, 6.07) is 13.7. The number of rotatable bonds is 6. The van der Waals surface area contributed by atoms with Gasteiger partial charge in [-0.3, -0.25) is 14.5 Å². The molecule has 2 N–H and O–H groups in total. The van der Waals surface area contributed by atoms with Crippen molar-refractivity contribution in [3.63, 3.8) is 0 Å². The molecule has 2 aliphatic rings. The summed E-state index contributed by atoms with van der Waals surface area (Å²) in [7, 11) is 0. The number of hydrogen-bond donors (Lipinski definition) is 2. The smallest absolute Gasteiger partial charge is 0.259 e. The Morgan fingerprint density at radius 3 is 2.38 bits per heavy atom. The molecule has 0 saturated heterocycles. The molecule has 9 heteroatoms. The number of aromatic hydroxyl groups is 1. The number of anilines is 1. The lowest BCUT2D eigenvalue weighted by Gasteiger charge is -2.33. The first-order chi connectivity index (χ1) is 17.9. The third-order valence-electron chi connectivity index (χ3n) is 6.61. The highest BCUT2D eigenvalue weighted by Crippen LogP contribution is 2.36. The van der Waals surface area contributed by atoms with Gasteiger partial charge in [-0.1, -0.05) is 36.6 Å². The topological polar surface area (TPSA) is 88.1 Å². The molecule has 1 heterocycles. The average Bonchev–Trinajstić information content (AvgIpc) is 3.42. The van der Waals surface area contributed by atoms with Crippen LogP contribution in [0.2, 0.25) is 5.02 Å². The predicted molar refractivity (Wildman–Crippen MR) is 137 cm³/mol. The molecule has 7 nitrogen and oxygen atoms in total. The van der Waals surface area contributed by atoms with Crippen molar-refractivity contribution < 1.29 is 28.6 Å². The van der Waals surface area contributed by atoms with Crippen molar-refractivity contribution in [3.05, 3.63) is 82.6 Å². The zero-order valence-corrected chi connectivity index (χ0v) is 20.7. The minimum absolute atomic E-state index is 0.00448. The number of hydrogen-bond acceptors (Lipinski definition) is 5. The predicted octanol–water partition coefficient (Wildman–Crippen LogP) is 5.40. The van der Waals surface area contributed by atoms with Gasteiger partial charge in [-0.15, -0.1) is 0 Å². The minimum Gasteiger partial charge on any atom is -0.508 e. The van der Waals surface area contributed by atoms with Crippen molar-refractivity contribution >= 4 is 29.1 Å². The molecular formula is C28H26ClFN2O5. The number of amides is 2. The van der Waals surface area contributed by atoms with Gasteiger partial charge in [-0.05, 0) is 66.9 Å². The number of carbonyl (C=O) groups excluding carboxylic acids is 2. The number of ether oxygens (including phenoxy) is 2. The molecule has 5 rings (SSSR count). The number of halogens is 2. The van der Waals surface area contributed by atoms with Gasteiger partial charge in [0.25, 0.3) is 5.91 Å². The Morgan fingerprint density at radius 1 is 0.973 bits per heavy atom. The van der Waals surface area contributed by atoms with Crippen LogP contribution in [-0.2, 0) is 4.79 Å². The Morgan fingerprint density at radius 2 is 1.68 bits per heavy atom. The maximum atomic E-state index is 14.1. The van der Waals surface area contributed by atoms with Gasteiger partial charge in [0.1, 0.15) is 30.8 Å². The Balaban J connectivity index is 1.62. The molecule has 3 aromatic carbocycles. The van der Waals surface area contributed by atoms with Crippen molar-refractivity contribution in [2.75, 3.05) is 18.1 Å². The molecule has 0 radical (unpaired) electrons. The van der Waals surface area contributed by atoms with E-state index in [1.165, 1.54) is 29.2 Å². The van der Waals surface area contributed by atoms with E-state index in [4.69, 9.17) is 21.1 Å². The molecule has 2 amide bonds. The van der Waals surface area contributed by atoms with Gasteiger partial charge >= 0.3 is 0 Å². The molecule has 1 atom stereocenters. The second-order valence-electron chi connectivity index (χ2n) is 9.12. The summed E-state index contributed by atoms with van der Waals surface area (Å²) in [5.74, 6) is -0.579. The van der Waals surface area contributed by atoms with Crippen LogP contribution in [0.4, 0.5) is 10.1 Å². The van der Waals surface area contributed by atoms with Crippen LogP contribution in [0, 0.1) is 5.82 Å². The molecule has 0 spiro atoms. The fourth-order valence-corrected chi connectivity index (χ4v) is 4.93. The Labute approximate surface area is 218 Å². The Kier molecular flexibility index (Phi) is 7.19. The molecule has 3 aromatic rings. The van der Waals surface area contributed by atoms with Crippen molar-refractivity contribution in [1.29, 1.82) is 0 Å². The summed E-state index contributed by atoms with van der Waals surface area (Å²) in [4.78, 5) is 29.2. The zero-order valence-electron chi connectivity index (χ0n) is 20.0. The monoisotopic (exact) mass is 524 g/mol. The van der Waals surface area contributed by atoms with Gasteiger partial charge in [-0.25, -0.2) is 4.39 Å². The molecule has 37 heavy (non-hydrogen) atoms. The van der Waals surface area contributed by atoms with Crippen LogP contribution in [-0.4, -0.2) is 36.2 Å². The Hall–Kier alpha value is -3.78. The van der Waals surface area contributed by atoms with Gasteiger partial charge in [0.15, 0.2) is 11.5 Å². The highest BCUT2D eigenvalue weighted by atomic mass is 35.5. The van der Waals surface area contributed by atoms with E-state index in [1.807, 2.05) is 0 Å². The standard InChI is InChI=1S/C28H26ClFN2O5/c29-22-16-20(8-11-23(22)30)32(28(35)18-7-12-24-25(15-18)37-14-13-36-24)26(17-5-9-21(33)10-6-17)27(34)31-19-3-1-2-4-19/h5-12,15-16,19,26,33H,1-4,13-14H2,(H,31,34). The van der Waals surface area contributed by atoms with Crippen LogP contribution >= 0.6 is 11.6 Å². The van der Waals surface area contributed by atoms with E-state index in [0.29, 0.717) is 30.3 Å². The summed E-state index contributed by atoms with van der Waals surface area (Å²) in [6.45, 7) is 0.757. The summed E-state index contributed by atoms with van der Waals surface area (Å²) >= 11 is 6.11. The lowest BCUT2D eigenvalue weighted by molar-refractivity contribution is -0.123. The van der Waals surface area contributed by atoms with E-state index in [1.54, 1.807) is 30.3 Å². The van der Waals surface area contributed by atoms with E-state index in [2.05, 4.69) is 5.32 Å². The van der Waals surface area contributed by atoms with Crippen molar-refractivity contribution in [2.24, 2.45) is 0 Å². The van der Waals surface area contributed by atoms with Crippen molar-refractivity contribution in [3.8, 4) is 17.2 Å². The summed E-state index contributed by atoms with van der Waals surface area (Å²) in [5, 5.41) is 12.8. The van der Waals surface area contributed by atoms with Crippen LogP contribution in [0.3, 0.4) is 0 Å². The number of benzene rings is 3. The van der Waals surface area contributed by atoms with Crippen LogP contribution in [0.5, 0.6) is 17.2 Å². The maximum absolute atomic E-state index is 14.1. The largest absolute Gasteiger partial charge is 0.508 e. The molecule has 1 aliphatic heterocycles. The first-order valence-electron chi connectivity index (χ1n) is 12.2. The Bertz CT molecular complexity index is 1310. The first kappa shape index (κ1) is 24.9. The van der Waals surface area contributed by atoms with Crippen LogP contribution in [0.15, 0.2) is 60.7 Å². The first-order valence-corrected chi connectivity index (χ1v) is 12.6. The molecule has 1 fully saturated rings. The van der Waals surface area contributed by atoms with Crippen molar-refractivity contribution in [2.45, 2.75) is 37.8 Å². The lowest BCUT2D eigenvalue weighted by Crippen LogP contribution is -2.46. The summed E-state index contributed by atoms with van der Waals surface area (Å²) in [5.41, 5.74) is 0.965. The SMILES string of the molecule is O=C(NC1CCCC1)C(c1ccc(O)cc1)N(C(=O)c1ccc2c(c1)OCCO2)c1ccc(F)c(Cl)c1. The fourth-order valence-electron chi connectivity index (χ4n) is 4.76. The van der Waals surface area contributed by atoms with Gasteiger partial charge in [-0.2, -0.15) is 0 Å². The molecule has 192 valence electrons. The molecule has 1 saturated carbocycles. The molecule has 0 bridgehead atoms. The highest BCUT2D eigenvalue weighted by Gasteiger charge is 2.35. The maximum Gasteiger partial charge on any atom is 0.259 e. The van der Waals surface area contributed by atoms with Crippen LogP contribution in [0.1, 0.15) is 47.6 Å². The third kappa shape index (κ3) is 5.34. The summed E-state index contributed by atoms with van der Waals surface area (Å²) in [6.07, 6.45) is 3.74. The third-order valence-corrected chi connectivity index (χ3v) is 6.90. The van der Waals surface area contributed by atoms with Gasteiger partial charge in [0, 0.05) is 17.3 Å². The van der Waals surface area contributed by atoms with E-state index in [-0.39, 0.29) is 34.0 Å². The second-order valence-corrected chi connectivity index (χ2v) is 9.52. The fraction of sp³-hybridized carbons (Fsp3) is 0.286. The molecular weight excluding hydrogens is 499 g/mol. The van der Waals surface area contributed by atoms with Gasteiger partial charge in [0.05, 0.1) is 5.02 Å². The van der Waals surface area contributed by atoms with Gasteiger partial charge in [0.2, 0.25) is 5.91 Å². The van der Waals surface area contributed by atoms with E-state index in [0.717, 1.165) is 31.7 Å². The zero-order chi connectivity index (χ0) is 25.9. The van der Waals surface area contributed by atoms with Crippen LogP contribution in [0.25, 0.3) is 0 Å². The average molecular weight is 525 g/mol. The summed E-state index contributed by atoms with van der Waals surface area (Å²) < 4.78 is 25.3. The number of fused-ring (bicyclic) bond motifs is 1. The van der Waals surface area contributed by atoms with E-state index in [9.17, 15) is 19.1 Å². The van der Waals surface area contributed by atoms with Crippen LogP contribution < -0.4 is 19.7 Å². The number of nitrogens with zero attached hydrogens (tertiary/aromatic N) is 1. The highest BCUT2D eigenvalue weighted by molar-refractivity contribution is 6.31. The molecule has 0 aromatic heterocycles. The number of carbonyl (C=O) groups is 2. The number of nitrogens with one attached hydrogen (secondary N) is 1. The molecule has 1 aliphatic carbocycles. The van der Waals surface area contributed by atoms with Gasteiger partial charge < -0.3 is 19.9 Å². The second kappa shape index (κ2) is 10.7. The lowest BCUT2D eigenvalue weighted by atomic mass is 10.0. The quantitative estimate of drug-likeness (QED) is 0.450. The van der Waals surface area contributed by atoms with E-state index < -0.39 is 17.8 Å². The normalized spacial score (nSPS) is 15.7. The molecule has 1 unspecified atom stereocenters. The van der Waals surface area contributed by atoms with Crippen molar-refractivity contribution in [1.82, 2.24) is 5.32 Å². The number of phenols is 1. The minimum atomic E-state index is -1.12. The van der Waals surface area contributed by atoms with E-state index >= 15 is 0 Å².